The Morgan fingerprint density at radius 2 is 1.80 bits per heavy atom. The van der Waals surface area contributed by atoms with Gasteiger partial charge in [-0.05, 0) is 24.1 Å². The summed E-state index contributed by atoms with van der Waals surface area (Å²) in [7, 11) is 2.79. The molecule has 0 aliphatic carbocycles. The first-order valence-corrected chi connectivity index (χ1v) is 7.62. The molecule has 0 saturated carbocycles. The van der Waals surface area contributed by atoms with Crippen molar-refractivity contribution in [3.05, 3.63) is 35.4 Å². The van der Waals surface area contributed by atoms with Crippen molar-refractivity contribution in [2.45, 2.75) is 6.42 Å². The van der Waals surface area contributed by atoms with E-state index in [0.29, 0.717) is 12.2 Å². The van der Waals surface area contributed by atoms with E-state index < -0.39 is 17.4 Å². The molecule has 7 nitrogen and oxygen atoms in total. The fraction of sp³-hybridized carbons (Fsp3) is 0.278. The maximum atomic E-state index is 12.7. The molecule has 0 aromatic heterocycles. The summed E-state index contributed by atoms with van der Waals surface area (Å²) < 4.78 is 15.5. The van der Waals surface area contributed by atoms with Gasteiger partial charge in [0.15, 0.2) is 28.8 Å². The summed E-state index contributed by atoms with van der Waals surface area (Å²) in [4.78, 5) is 12.7. The van der Waals surface area contributed by atoms with Gasteiger partial charge in [0.2, 0.25) is 5.75 Å². The average molecular weight is 346 g/mol. The number of hydrogen-bond donors (Lipinski definition) is 3. The van der Waals surface area contributed by atoms with Crippen molar-refractivity contribution in [2.75, 3.05) is 20.8 Å². The number of methoxy groups -OCH3 is 2. The number of aromatic hydroxyl groups is 3. The van der Waals surface area contributed by atoms with Crippen molar-refractivity contribution in [2.24, 2.45) is 5.92 Å². The Balaban J connectivity index is 1.89. The van der Waals surface area contributed by atoms with Crippen LogP contribution in [0.25, 0.3) is 0 Å². The van der Waals surface area contributed by atoms with E-state index in [9.17, 15) is 20.1 Å². The second-order valence-electron chi connectivity index (χ2n) is 5.73. The summed E-state index contributed by atoms with van der Waals surface area (Å²) in [6.07, 6.45) is 0.308. The third-order valence-electron chi connectivity index (χ3n) is 4.21. The van der Waals surface area contributed by atoms with Gasteiger partial charge >= 0.3 is 0 Å². The van der Waals surface area contributed by atoms with Gasteiger partial charge in [0.05, 0.1) is 26.7 Å². The van der Waals surface area contributed by atoms with Crippen LogP contribution in [-0.4, -0.2) is 41.9 Å². The number of ketones is 1. The van der Waals surface area contributed by atoms with Gasteiger partial charge in [-0.15, -0.1) is 0 Å². The first-order chi connectivity index (χ1) is 12.0. The number of phenolic OH excluding ortho intramolecular Hbond substituents is 3. The van der Waals surface area contributed by atoms with E-state index >= 15 is 0 Å². The molecule has 1 aliphatic rings. The van der Waals surface area contributed by atoms with E-state index in [-0.39, 0.29) is 35.2 Å². The van der Waals surface area contributed by atoms with Gasteiger partial charge in [-0.2, -0.15) is 0 Å². The van der Waals surface area contributed by atoms with Crippen molar-refractivity contribution < 1.29 is 34.3 Å². The monoisotopic (exact) mass is 346 g/mol. The highest BCUT2D eigenvalue weighted by Gasteiger charge is 2.34. The van der Waals surface area contributed by atoms with Crippen LogP contribution in [-0.2, 0) is 6.42 Å². The molecule has 2 aromatic rings. The molecule has 0 saturated heterocycles. The number of Topliss-reactive ketones (excluding diaryl/α,β-unsaturated/α-hetero) is 1. The number of rotatable bonds is 4. The zero-order valence-electron chi connectivity index (χ0n) is 13.8. The Bertz CT molecular complexity index is 829. The maximum Gasteiger partial charge on any atom is 0.201 e. The van der Waals surface area contributed by atoms with Crippen LogP contribution in [0.4, 0.5) is 0 Å². The van der Waals surface area contributed by atoms with Gasteiger partial charge in [-0.25, -0.2) is 0 Å². The lowest BCUT2D eigenvalue weighted by molar-refractivity contribution is 0.0824. The molecule has 2 aromatic carbocycles. The van der Waals surface area contributed by atoms with Crippen LogP contribution in [0.15, 0.2) is 24.3 Å². The van der Waals surface area contributed by atoms with E-state index in [1.54, 1.807) is 12.1 Å². The zero-order valence-corrected chi connectivity index (χ0v) is 13.8. The molecule has 0 amide bonds. The SMILES string of the molecule is COc1ccc(C[C@H]2COc3cc(OC)c(O)c(O)c3C2=O)cc1O. The molecule has 0 radical (unpaired) electrons. The van der Waals surface area contributed by atoms with Crippen molar-refractivity contribution in [3.8, 4) is 34.5 Å². The van der Waals surface area contributed by atoms with E-state index in [4.69, 9.17) is 14.2 Å². The van der Waals surface area contributed by atoms with Gasteiger partial charge in [0, 0.05) is 6.07 Å². The fourth-order valence-corrected chi connectivity index (χ4v) is 2.89. The summed E-state index contributed by atoms with van der Waals surface area (Å²) >= 11 is 0. The third-order valence-corrected chi connectivity index (χ3v) is 4.21. The predicted octanol–water partition coefficient (Wildman–Crippen LogP) is 2.25. The molecule has 7 heteroatoms. The molecule has 0 spiro atoms. The van der Waals surface area contributed by atoms with Gasteiger partial charge in [0.25, 0.3) is 0 Å². The minimum Gasteiger partial charge on any atom is -0.504 e. The Labute approximate surface area is 144 Å². The second-order valence-corrected chi connectivity index (χ2v) is 5.73. The van der Waals surface area contributed by atoms with Crippen LogP contribution in [0.2, 0.25) is 0 Å². The van der Waals surface area contributed by atoms with Crippen molar-refractivity contribution in [1.29, 1.82) is 0 Å². The first kappa shape index (κ1) is 16.8. The summed E-state index contributed by atoms with van der Waals surface area (Å²) in [6, 6.07) is 6.25. The lowest BCUT2D eigenvalue weighted by Gasteiger charge is -2.25. The van der Waals surface area contributed by atoms with Crippen molar-refractivity contribution >= 4 is 5.78 Å². The molecule has 25 heavy (non-hydrogen) atoms. The van der Waals surface area contributed by atoms with Crippen LogP contribution in [0.1, 0.15) is 15.9 Å². The Morgan fingerprint density at radius 3 is 2.44 bits per heavy atom. The lowest BCUT2D eigenvalue weighted by Crippen LogP contribution is -2.29. The zero-order chi connectivity index (χ0) is 18.1. The number of hydrogen-bond acceptors (Lipinski definition) is 7. The number of carbonyl (C=O) groups excluding carboxylic acids is 1. The van der Waals surface area contributed by atoms with Crippen LogP contribution < -0.4 is 14.2 Å². The Morgan fingerprint density at radius 1 is 1.08 bits per heavy atom. The number of carbonyl (C=O) groups is 1. The highest BCUT2D eigenvalue weighted by Crippen LogP contribution is 2.46. The van der Waals surface area contributed by atoms with Crippen LogP contribution in [0, 0.1) is 5.92 Å². The minimum atomic E-state index is -0.556. The Kier molecular flexibility index (Phi) is 4.31. The van der Waals surface area contributed by atoms with Gasteiger partial charge in [0.1, 0.15) is 11.3 Å². The molecule has 1 heterocycles. The summed E-state index contributed by atoms with van der Waals surface area (Å²) in [5.74, 6) is -1.42. The highest BCUT2D eigenvalue weighted by molar-refractivity contribution is 6.05. The molecule has 3 rings (SSSR count). The Hall–Kier alpha value is -3.09. The molecule has 3 N–H and O–H groups in total. The molecule has 132 valence electrons. The normalized spacial score (nSPS) is 16.1. The fourth-order valence-electron chi connectivity index (χ4n) is 2.89. The second kappa shape index (κ2) is 6.43. The maximum absolute atomic E-state index is 12.7. The average Bonchev–Trinajstić information content (AvgIpc) is 2.60. The predicted molar refractivity (Wildman–Crippen MR) is 88.0 cm³/mol. The molecular formula is C18H18O7. The van der Waals surface area contributed by atoms with E-state index in [1.807, 2.05) is 0 Å². The lowest BCUT2D eigenvalue weighted by atomic mass is 9.89. The molecule has 0 unspecified atom stereocenters. The standard InChI is InChI=1S/C18H18O7/c1-23-12-4-3-9(6-11(12)19)5-10-8-25-13-7-14(24-2)17(21)18(22)15(13)16(10)20/h3-4,6-7,10,19,21-22H,5,8H2,1-2H3/t10-/m0/s1. The molecule has 0 bridgehead atoms. The van der Waals surface area contributed by atoms with Gasteiger partial charge in [-0.3, -0.25) is 4.79 Å². The molecular weight excluding hydrogens is 328 g/mol. The molecule has 1 atom stereocenters. The van der Waals surface area contributed by atoms with Crippen molar-refractivity contribution in [1.82, 2.24) is 0 Å². The first-order valence-electron chi connectivity index (χ1n) is 7.62. The third kappa shape index (κ3) is 2.88. The number of phenols is 3. The molecule has 0 fully saturated rings. The van der Waals surface area contributed by atoms with E-state index in [1.165, 1.54) is 26.4 Å². The smallest absolute Gasteiger partial charge is 0.201 e. The summed E-state index contributed by atoms with van der Waals surface area (Å²) in [5.41, 5.74) is 0.660. The number of ether oxygens (including phenoxy) is 3. The topological polar surface area (TPSA) is 105 Å². The van der Waals surface area contributed by atoms with Crippen LogP contribution in [0.3, 0.4) is 0 Å². The summed E-state index contributed by atoms with van der Waals surface area (Å²) in [6.45, 7) is 0.117. The van der Waals surface area contributed by atoms with Crippen molar-refractivity contribution in [3.63, 3.8) is 0 Å². The highest BCUT2D eigenvalue weighted by atomic mass is 16.5. The van der Waals surface area contributed by atoms with E-state index in [2.05, 4.69) is 0 Å². The quantitative estimate of drug-likeness (QED) is 0.729. The van der Waals surface area contributed by atoms with E-state index in [0.717, 1.165) is 5.56 Å². The molecule has 1 aliphatic heterocycles. The number of fused-ring (bicyclic) bond motifs is 1. The van der Waals surface area contributed by atoms with Gasteiger partial charge in [-0.1, -0.05) is 6.07 Å². The minimum absolute atomic E-state index is 0.0187. The van der Waals surface area contributed by atoms with Crippen LogP contribution in [0.5, 0.6) is 34.5 Å². The number of benzene rings is 2. The van der Waals surface area contributed by atoms with Gasteiger partial charge < -0.3 is 29.5 Å². The van der Waals surface area contributed by atoms with Crippen LogP contribution >= 0.6 is 0 Å². The summed E-state index contributed by atoms with van der Waals surface area (Å²) in [5, 5.41) is 29.9. The largest absolute Gasteiger partial charge is 0.504 e.